The molecule has 0 atom stereocenters. The first-order chi connectivity index (χ1) is 16.4. The van der Waals surface area contributed by atoms with Gasteiger partial charge in [-0.1, -0.05) is 12.1 Å². The summed E-state index contributed by atoms with van der Waals surface area (Å²) in [4.78, 5) is 30.1. The second-order valence-electron chi connectivity index (χ2n) is 9.04. The van der Waals surface area contributed by atoms with Crippen LogP contribution in [0.3, 0.4) is 0 Å². The molecule has 1 saturated heterocycles. The lowest BCUT2D eigenvalue weighted by Crippen LogP contribution is -2.62. The van der Waals surface area contributed by atoms with Crippen molar-refractivity contribution in [2.75, 3.05) is 31.9 Å². The number of piperazine rings is 1. The third kappa shape index (κ3) is 4.03. The summed E-state index contributed by atoms with van der Waals surface area (Å²) in [5, 5.41) is 0. The number of amides is 1. The number of carbonyl (C=O) groups excluding carboxylic acids is 1. The summed E-state index contributed by atoms with van der Waals surface area (Å²) in [6, 6.07) is 11.8. The van der Waals surface area contributed by atoms with Gasteiger partial charge in [-0.25, -0.2) is 4.99 Å². The number of rotatable bonds is 4. The number of fused-ring (bicyclic) bond motifs is 1. The first kappa shape index (κ1) is 22.1. The summed E-state index contributed by atoms with van der Waals surface area (Å²) in [5.74, 6) is 0.963. The van der Waals surface area contributed by atoms with Crippen LogP contribution in [0, 0.1) is 0 Å². The van der Waals surface area contributed by atoms with Crippen LogP contribution in [0.15, 0.2) is 50.8 Å². The van der Waals surface area contributed by atoms with Crippen molar-refractivity contribution in [1.82, 2.24) is 14.8 Å². The van der Waals surface area contributed by atoms with Gasteiger partial charge >= 0.3 is 0 Å². The zero-order valence-corrected chi connectivity index (χ0v) is 19.3. The molecule has 2 aromatic carbocycles. The predicted molar refractivity (Wildman–Crippen MR) is 135 cm³/mol. The minimum atomic E-state index is -0.642. The Morgan fingerprint density at radius 1 is 1.06 bits per heavy atom. The minimum absolute atomic E-state index is 0.0877. The highest BCUT2D eigenvalue weighted by atomic mass is 16.4. The third-order valence-electron chi connectivity index (χ3n) is 6.86. The lowest BCUT2D eigenvalue weighted by molar-refractivity contribution is -0.141. The van der Waals surface area contributed by atoms with Crippen LogP contribution < -0.4 is 11.5 Å². The maximum absolute atomic E-state index is 12.7. The van der Waals surface area contributed by atoms with E-state index in [1.807, 2.05) is 48.2 Å². The molecule has 2 heterocycles. The van der Waals surface area contributed by atoms with Crippen molar-refractivity contribution in [1.29, 1.82) is 0 Å². The molecule has 1 saturated carbocycles. The van der Waals surface area contributed by atoms with Crippen LogP contribution in [0.1, 0.15) is 26.2 Å². The van der Waals surface area contributed by atoms with E-state index in [1.165, 1.54) is 0 Å². The van der Waals surface area contributed by atoms with Crippen LogP contribution in [0.4, 0.5) is 17.4 Å². The van der Waals surface area contributed by atoms with Gasteiger partial charge in [0.25, 0.3) is 6.01 Å². The zero-order chi connectivity index (χ0) is 23.9. The van der Waals surface area contributed by atoms with E-state index in [1.54, 1.807) is 0 Å². The molecule has 1 amide bonds. The molecule has 9 heteroatoms. The number of hydrogen-bond donors (Lipinski definition) is 2. The molecule has 1 aliphatic heterocycles. The molecule has 1 aromatic heterocycles. The highest BCUT2D eigenvalue weighted by Crippen LogP contribution is 2.35. The first-order valence-corrected chi connectivity index (χ1v) is 11.5. The second kappa shape index (κ2) is 8.57. The average Bonchev–Trinajstić information content (AvgIpc) is 3.21. The number of aliphatic imine (C=N–C) groups is 2. The van der Waals surface area contributed by atoms with E-state index in [0.29, 0.717) is 29.9 Å². The summed E-state index contributed by atoms with van der Waals surface area (Å²) in [6.45, 7) is 8.42. The molecular weight excluding hydrogens is 430 g/mol. The van der Waals surface area contributed by atoms with Gasteiger partial charge in [0.15, 0.2) is 5.58 Å². The van der Waals surface area contributed by atoms with Crippen LogP contribution in [0.25, 0.3) is 22.2 Å². The van der Waals surface area contributed by atoms with Crippen molar-refractivity contribution in [2.24, 2.45) is 15.7 Å². The molecule has 34 heavy (non-hydrogen) atoms. The number of amidine groups is 1. The van der Waals surface area contributed by atoms with E-state index in [9.17, 15) is 4.79 Å². The van der Waals surface area contributed by atoms with Crippen LogP contribution in [0.5, 0.6) is 0 Å². The van der Waals surface area contributed by atoms with Crippen molar-refractivity contribution in [3.05, 3.63) is 36.4 Å². The zero-order valence-electron chi connectivity index (χ0n) is 19.3. The Balaban J connectivity index is 1.35. The number of nitrogen functional groups attached to an aromatic ring is 1. The van der Waals surface area contributed by atoms with Gasteiger partial charge in [0, 0.05) is 26.2 Å². The summed E-state index contributed by atoms with van der Waals surface area (Å²) in [7, 11) is 0. The highest BCUT2D eigenvalue weighted by Gasteiger charge is 2.43. The summed E-state index contributed by atoms with van der Waals surface area (Å²) in [6.07, 6.45) is 2.61. The van der Waals surface area contributed by atoms with Crippen LogP contribution in [-0.2, 0) is 4.79 Å². The molecule has 2 fully saturated rings. The van der Waals surface area contributed by atoms with Crippen molar-refractivity contribution in [3.8, 4) is 11.1 Å². The normalized spacial score (nSPS) is 18.1. The molecule has 4 N–H and O–H groups in total. The molecule has 3 aromatic rings. The first-order valence-electron chi connectivity index (χ1n) is 11.5. The van der Waals surface area contributed by atoms with Gasteiger partial charge in [0.1, 0.15) is 11.4 Å². The quantitative estimate of drug-likeness (QED) is 0.454. The van der Waals surface area contributed by atoms with Crippen LogP contribution >= 0.6 is 0 Å². The summed E-state index contributed by atoms with van der Waals surface area (Å²) < 4.78 is 5.37. The smallest absolute Gasteiger partial charge is 0.292 e. The molecule has 0 unspecified atom stereocenters. The number of benzene rings is 2. The lowest BCUT2D eigenvalue weighted by atomic mass is 9.76. The number of oxazole rings is 1. The van der Waals surface area contributed by atoms with E-state index in [2.05, 4.69) is 21.6 Å². The number of anilines is 1. The monoisotopic (exact) mass is 459 g/mol. The molecule has 176 valence electrons. The predicted octanol–water partition coefficient (Wildman–Crippen LogP) is 3.48. The van der Waals surface area contributed by atoms with Gasteiger partial charge in [-0.05, 0) is 68.3 Å². The van der Waals surface area contributed by atoms with E-state index in [-0.39, 0.29) is 11.9 Å². The summed E-state index contributed by atoms with van der Waals surface area (Å²) in [5.41, 5.74) is 16.0. The number of hydrogen-bond acceptors (Lipinski definition) is 7. The fraction of sp³-hybridized carbons (Fsp3) is 0.360. The number of nitrogens with zero attached hydrogens (tertiary/aromatic N) is 5. The molecule has 0 bridgehead atoms. The topological polar surface area (TPSA) is 126 Å². The Hall–Kier alpha value is -3.72. The third-order valence-corrected chi connectivity index (χ3v) is 6.86. The second-order valence-corrected chi connectivity index (χ2v) is 9.04. The number of carbonyl (C=O) groups is 1. The minimum Gasteiger partial charge on any atom is -0.424 e. The largest absolute Gasteiger partial charge is 0.424 e. The Kier molecular flexibility index (Phi) is 5.57. The van der Waals surface area contributed by atoms with Crippen molar-refractivity contribution in [2.45, 2.75) is 31.7 Å². The Labute approximate surface area is 198 Å². The fourth-order valence-electron chi connectivity index (χ4n) is 4.62. The molecule has 2 aliphatic rings. The molecule has 9 nitrogen and oxygen atoms in total. The van der Waals surface area contributed by atoms with Crippen molar-refractivity contribution >= 4 is 46.9 Å². The van der Waals surface area contributed by atoms with E-state index >= 15 is 0 Å². The van der Waals surface area contributed by atoms with Crippen LogP contribution in [0.2, 0.25) is 0 Å². The van der Waals surface area contributed by atoms with Gasteiger partial charge in [-0.3, -0.25) is 9.79 Å². The maximum Gasteiger partial charge on any atom is 0.292 e. The summed E-state index contributed by atoms with van der Waals surface area (Å²) >= 11 is 0. The van der Waals surface area contributed by atoms with E-state index in [0.717, 1.165) is 55.0 Å². The SMILES string of the molecule is C=Nc1ccc(-c2ccc3oc(N)nc3c2)cc1N=C(C)N1CCN(C(=O)C2(N)CCC2)CC1. The van der Waals surface area contributed by atoms with Crippen molar-refractivity contribution < 1.29 is 9.21 Å². The molecule has 0 spiro atoms. The van der Waals surface area contributed by atoms with E-state index < -0.39 is 5.54 Å². The molecule has 1 aliphatic carbocycles. The average molecular weight is 460 g/mol. The Morgan fingerprint density at radius 3 is 2.41 bits per heavy atom. The number of aromatic nitrogens is 1. The molecular formula is C25H29N7O2. The number of nitrogens with two attached hydrogens (primary N) is 2. The maximum atomic E-state index is 12.7. The molecule has 5 rings (SSSR count). The van der Waals surface area contributed by atoms with Crippen LogP contribution in [-0.4, -0.2) is 65.0 Å². The van der Waals surface area contributed by atoms with Gasteiger partial charge < -0.3 is 25.7 Å². The van der Waals surface area contributed by atoms with Crippen molar-refractivity contribution in [3.63, 3.8) is 0 Å². The highest BCUT2D eigenvalue weighted by molar-refractivity contribution is 5.89. The van der Waals surface area contributed by atoms with Gasteiger partial charge in [-0.2, -0.15) is 4.98 Å². The van der Waals surface area contributed by atoms with Gasteiger partial charge in [0.05, 0.1) is 16.9 Å². The molecule has 0 radical (unpaired) electrons. The van der Waals surface area contributed by atoms with Gasteiger partial charge in [-0.15, -0.1) is 0 Å². The van der Waals surface area contributed by atoms with Gasteiger partial charge in [0.2, 0.25) is 5.91 Å². The lowest BCUT2D eigenvalue weighted by Gasteiger charge is -2.43. The Bertz CT molecular complexity index is 1280. The van der Waals surface area contributed by atoms with E-state index in [4.69, 9.17) is 20.9 Å². The fourth-order valence-corrected chi connectivity index (χ4v) is 4.62. The Morgan fingerprint density at radius 2 is 1.74 bits per heavy atom. The standard InChI is InChI=1S/C25H29N7O2/c1-16(31-10-12-32(13-11-31)23(33)25(27)8-3-9-25)29-20-14-17(4-6-19(20)28-2)18-5-7-22-21(15-18)30-24(26)34-22/h4-7,14-15H,2-3,8-13,27H2,1H3,(H2,26,30).